The average molecular weight is 249 g/mol. The minimum Gasteiger partial charge on any atom is -0.466 e. The topological polar surface area (TPSA) is 55.3 Å². The quantitative estimate of drug-likeness (QED) is 0.761. The molecule has 2 rings (SSSR count). The molecule has 5 nitrogen and oxygen atoms in total. The van der Waals surface area contributed by atoms with Gasteiger partial charge in [-0.15, -0.1) is 0 Å². The van der Waals surface area contributed by atoms with E-state index in [1.54, 1.807) is 12.4 Å². The highest BCUT2D eigenvalue weighted by Crippen LogP contribution is 2.23. The molecule has 1 aliphatic rings. The number of hydrogen-bond donors (Lipinski definition) is 0. The first-order valence-corrected chi connectivity index (χ1v) is 6.41. The number of esters is 1. The summed E-state index contributed by atoms with van der Waals surface area (Å²) < 4.78 is 5.06. The summed E-state index contributed by atoms with van der Waals surface area (Å²) in [5, 5.41) is 0. The molecule has 98 valence electrons. The van der Waals surface area contributed by atoms with Crippen LogP contribution in [0.15, 0.2) is 12.4 Å². The Morgan fingerprint density at radius 2 is 2.06 bits per heavy atom. The molecule has 0 aliphatic carbocycles. The summed E-state index contributed by atoms with van der Waals surface area (Å²) in [7, 11) is 0. The summed E-state index contributed by atoms with van der Waals surface area (Å²) in [5.41, 5.74) is 0.937. The van der Waals surface area contributed by atoms with Gasteiger partial charge in [-0.1, -0.05) is 0 Å². The molecule has 1 aliphatic heterocycles. The highest BCUT2D eigenvalue weighted by atomic mass is 16.5. The van der Waals surface area contributed by atoms with Gasteiger partial charge in [0.2, 0.25) is 0 Å². The van der Waals surface area contributed by atoms with E-state index in [2.05, 4.69) is 14.9 Å². The molecule has 1 fully saturated rings. The predicted octanol–water partition coefficient (Wildman–Crippen LogP) is 1.56. The Balaban J connectivity index is 1.95. The lowest BCUT2D eigenvalue weighted by molar-refractivity contribution is -0.148. The van der Waals surface area contributed by atoms with E-state index in [-0.39, 0.29) is 11.9 Å². The minimum atomic E-state index is -0.0620. The lowest BCUT2D eigenvalue weighted by Crippen LogP contribution is -2.37. The van der Waals surface area contributed by atoms with E-state index in [0.717, 1.165) is 37.4 Å². The van der Waals surface area contributed by atoms with Crippen LogP contribution in [-0.2, 0) is 9.53 Å². The van der Waals surface area contributed by atoms with Gasteiger partial charge in [0.05, 0.1) is 18.2 Å². The Morgan fingerprint density at radius 3 is 2.67 bits per heavy atom. The van der Waals surface area contributed by atoms with E-state index in [9.17, 15) is 4.79 Å². The number of ether oxygens (including phenoxy) is 1. The van der Waals surface area contributed by atoms with Crippen molar-refractivity contribution in [2.24, 2.45) is 5.92 Å². The third-order valence-corrected chi connectivity index (χ3v) is 3.27. The van der Waals surface area contributed by atoms with E-state index in [4.69, 9.17) is 4.74 Å². The molecule has 0 unspecified atom stereocenters. The van der Waals surface area contributed by atoms with Gasteiger partial charge in [-0.05, 0) is 26.7 Å². The first-order valence-electron chi connectivity index (χ1n) is 6.41. The summed E-state index contributed by atoms with van der Waals surface area (Å²) in [6.07, 6.45) is 5.06. The van der Waals surface area contributed by atoms with Gasteiger partial charge in [0.1, 0.15) is 5.82 Å². The number of carbonyl (C=O) groups is 1. The van der Waals surface area contributed by atoms with E-state index >= 15 is 0 Å². The van der Waals surface area contributed by atoms with Crippen LogP contribution in [0.2, 0.25) is 0 Å². The van der Waals surface area contributed by atoms with Gasteiger partial charge >= 0.3 is 5.97 Å². The van der Waals surface area contributed by atoms with Crippen molar-refractivity contribution in [3.63, 3.8) is 0 Å². The molecule has 0 saturated carbocycles. The second-order valence-corrected chi connectivity index (χ2v) is 4.48. The summed E-state index contributed by atoms with van der Waals surface area (Å²) in [4.78, 5) is 22.4. The van der Waals surface area contributed by atoms with E-state index < -0.39 is 0 Å². The third-order valence-electron chi connectivity index (χ3n) is 3.27. The van der Waals surface area contributed by atoms with Crippen LogP contribution in [0.4, 0.5) is 5.82 Å². The summed E-state index contributed by atoms with van der Waals surface area (Å²) in [5.74, 6) is 0.908. The Hall–Kier alpha value is -1.65. The van der Waals surface area contributed by atoms with Crippen LogP contribution >= 0.6 is 0 Å². The molecule has 0 atom stereocenters. The summed E-state index contributed by atoms with van der Waals surface area (Å²) in [6, 6.07) is 0. The van der Waals surface area contributed by atoms with Crippen LogP contribution < -0.4 is 4.90 Å². The lowest BCUT2D eigenvalue weighted by Gasteiger charge is -2.32. The molecule has 1 saturated heterocycles. The molecule has 0 bridgehead atoms. The van der Waals surface area contributed by atoms with Gasteiger partial charge in [0.15, 0.2) is 0 Å². The fraction of sp³-hybridized carbons (Fsp3) is 0.615. The van der Waals surface area contributed by atoms with Crippen LogP contribution in [-0.4, -0.2) is 35.6 Å². The summed E-state index contributed by atoms with van der Waals surface area (Å²) in [6.45, 7) is 5.93. The second kappa shape index (κ2) is 5.80. The number of aromatic nitrogens is 2. The van der Waals surface area contributed by atoms with E-state index in [0.29, 0.717) is 6.61 Å². The lowest BCUT2D eigenvalue weighted by atomic mass is 9.97. The van der Waals surface area contributed by atoms with Crippen molar-refractivity contribution in [2.75, 3.05) is 24.6 Å². The Morgan fingerprint density at radius 1 is 1.39 bits per heavy atom. The van der Waals surface area contributed by atoms with Gasteiger partial charge in [-0.3, -0.25) is 9.78 Å². The molecule has 1 aromatic heterocycles. The zero-order valence-electron chi connectivity index (χ0n) is 10.9. The molecule has 0 radical (unpaired) electrons. The molecule has 0 N–H and O–H groups in total. The van der Waals surface area contributed by atoms with Crippen molar-refractivity contribution in [1.82, 2.24) is 9.97 Å². The molecular weight excluding hydrogens is 230 g/mol. The van der Waals surface area contributed by atoms with Crippen LogP contribution in [0.5, 0.6) is 0 Å². The maximum Gasteiger partial charge on any atom is 0.309 e. The van der Waals surface area contributed by atoms with Crippen molar-refractivity contribution in [1.29, 1.82) is 0 Å². The van der Waals surface area contributed by atoms with Gasteiger partial charge < -0.3 is 9.64 Å². The number of anilines is 1. The largest absolute Gasteiger partial charge is 0.466 e. The van der Waals surface area contributed by atoms with Crippen molar-refractivity contribution >= 4 is 11.8 Å². The van der Waals surface area contributed by atoms with Crippen molar-refractivity contribution in [3.8, 4) is 0 Å². The van der Waals surface area contributed by atoms with Crippen molar-refractivity contribution in [3.05, 3.63) is 18.1 Å². The Kier molecular flexibility index (Phi) is 4.12. The highest BCUT2D eigenvalue weighted by Gasteiger charge is 2.27. The normalized spacial score (nSPS) is 16.7. The first kappa shape index (κ1) is 12.8. The molecular formula is C13H19N3O2. The molecule has 1 aromatic rings. The number of hydrogen-bond acceptors (Lipinski definition) is 5. The van der Waals surface area contributed by atoms with Crippen LogP contribution in [0.1, 0.15) is 25.5 Å². The predicted molar refractivity (Wildman–Crippen MR) is 68.3 cm³/mol. The number of carbonyl (C=O) groups excluding carboxylic acids is 1. The van der Waals surface area contributed by atoms with Crippen molar-refractivity contribution < 1.29 is 9.53 Å². The van der Waals surface area contributed by atoms with E-state index in [1.165, 1.54) is 0 Å². The number of rotatable bonds is 3. The van der Waals surface area contributed by atoms with Gasteiger partial charge in [0.25, 0.3) is 0 Å². The van der Waals surface area contributed by atoms with Crippen LogP contribution in [0, 0.1) is 12.8 Å². The number of piperidine rings is 1. The monoisotopic (exact) mass is 249 g/mol. The van der Waals surface area contributed by atoms with Gasteiger partial charge in [-0.2, -0.15) is 0 Å². The fourth-order valence-corrected chi connectivity index (χ4v) is 2.30. The SMILES string of the molecule is CCOC(=O)C1CCN(c2nccnc2C)CC1. The molecule has 2 heterocycles. The third kappa shape index (κ3) is 2.78. The smallest absolute Gasteiger partial charge is 0.309 e. The molecule has 18 heavy (non-hydrogen) atoms. The highest BCUT2D eigenvalue weighted by molar-refractivity contribution is 5.72. The molecule has 0 spiro atoms. The van der Waals surface area contributed by atoms with E-state index in [1.807, 2.05) is 13.8 Å². The van der Waals surface area contributed by atoms with Crippen LogP contribution in [0.3, 0.4) is 0 Å². The molecule has 5 heteroatoms. The number of nitrogens with zero attached hydrogens (tertiary/aromatic N) is 3. The summed E-state index contributed by atoms with van der Waals surface area (Å²) >= 11 is 0. The molecule has 0 aromatic carbocycles. The van der Waals surface area contributed by atoms with Gasteiger partial charge in [0, 0.05) is 25.5 Å². The number of aryl methyl sites for hydroxylation is 1. The maximum absolute atomic E-state index is 11.6. The standard InChI is InChI=1S/C13H19N3O2/c1-3-18-13(17)11-4-8-16(9-5-11)12-10(2)14-6-7-15-12/h6-7,11H,3-5,8-9H2,1-2H3. The fourth-order valence-electron chi connectivity index (χ4n) is 2.30. The Bertz CT molecular complexity index is 414. The zero-order chi connectivity index (χ0) is 13.0. The van der Waals surface area contributed by atoms with Crippen molar-refractivity contribution in [2.45, 2.75) is 26.7 Å². The zero-order valence-corrected chi connectivity index (χ0v) is 10.9. The maximum atomic E-state index is 11.6. The second-order valence-electron chi connectivity index (χ2n) is 4.48. The average Bonchev–Trinajstić information content (AvgIpc) is 2.40. The molecule has 0 amide bonds. The Labute approximate surface area is 107 Å². The van der Waals surface area contributed by atoms with Crippen LogP contribution in [0.25, 0.3) is 0 Å². The van der Waals surface area contributed by atoms with Gasteiger partial charge in [-0.25, -0.2) is 4.98 Å². The minimum absolute atomic E-state index is 0.0400. The first-order chi connectivity index (χ1) is 8.72.